The number of hydrogen-bond acceptors (Lipinski definition) is 6. The first-order chi connectivity index (χ1) is 9.85. The number of carbonyl (C=O) groups excluding carboxylic acids is 1. The van der Waals surface area contributed by atoms with Crippen LogP contribution in [0.1, 0.15) is 16.9 Å². The molecule has 0 bridgehead atoms. The van der Waals surface area contributed by atoms with Crippen LogP contribution < -0.4 is 10.6 Å². The van der Waals surface area contributed by atoms with Gasteiger partial charge in [0.1, 0.15) is 0 Å². The van der Waals surface area contributed by atoms with E-state index in [2.05, 4.69) is 20.9 Å². The fraction of sp³-hybridized carbons (Fsp3) is 0.600. The van der Waals surface area contributed by atoms with E-state index in [1.807, 2.05) is 0 Å². The van der Waals surface area contributed by atoms with E-state index in [0.29, 0.717) is 6.42 Å². The molecule has 1 aromatic rings. The van der Waals surface area contributed by atoms with Crippen molar-refractivity contribution in [3.8, 4) is 0 Å². The van der Waals surface area contributed by atoms with Crippen LogP contribution in [0.3, 0.4) is 0 Å². The molecule has 0 aromatic carbocycles. The Morgan fingerprint density at radius 2 is 2.24 bits per heavy atom. The second-order valence-corrected chi connectivity index (χ2v) is 6.90. The lowest BCUT2D eigenvalue weighted by Gasteiger charge is -2.11. The zero-order valence-corrected chi connectivity index (χ0v) is 11.8. The van der Waals surface area contributed by atoms with Crippen molar-refractivity contribution in [2.75, 3.05) is 18.1 Å². The minimum absolute atomic E-state index is 0.0362. The summed E-state index contributed by atoms with van der Waals surface area (Å²) in [6.07, 6.45) is 1.67. The first-order valence-corrected chi connectivity index (χ1v) is 8.06. The Bertz CT molecular complexity index is 640. The van der Waals surface area contributed by atoms with Crippen LogP contribution in [0.5, 0.6) is 0 Å². The maximum atomic E-state index is 11.6. The Balaban J connectivity index is 1.70. The molecule has 1 unspecified atom stereocenters. The number of urea groups is 1. The molecule has 1 aromatic heterocycles. The van der Waals surface area contributed by atoms with E-state index in [1.165, 1.54) is 10.9 Å². The van der Waals surface area contributed by atoms with Crippen molar-refractivity contribution in [1.82, 2.24) is 25.6 Å². The quantitative estimate of drug-likeness (QED) is 0.597. The van der Waals surface area contributed by atoms with Gasteiger partial charge in [0.25, 0.3) is 0 Å². The lowest BCUT2D eigenvalue weighted by molar-refractivity contribution is 0.0690. The number of carboxylic acid groups (broad SMARTS) is 1. The summed E-state index contributed by atoms with van der Waals surface area (Å²) in [6.45, 7) is 0.477. The Kier molecular flexibility index (Phi) is 4.40. The number of rotatable bonds is 5. The molecule has 1 fully saturated rings. The maximum Gasteiger partial charge on any atom is 0.358 e. The molecule has 2 rings (SSSR count). The van der Waals surface area contributed by atoms with E-state index in [-0.39, 0.29) is 36.3 Å². The van der Waals surface area contributed by atoms with Gasteiger partial charge in [-0.2, -0.15) is 0 Å². The summed E-state index contributed by atoms with van der Waals surface area (Å²) in [5, 5.41) is 20.8. The minimum atomic E-state index is -3.03. The molecular formula is C10H15N5O5S. The van der Waals surface area contributed by atoms with Crippen LogP contribution in [0.25, 0.3) is 0 Å². The second kappa shape index (κ2) is 6.08. The van der Waals surface area contributed by atoms with E-state index >= 15 is 0 Å². The number of carbonyl (C=O) groups is 2. The molecule has 11 heteroatoms. The summed E-state index contributed by atoms with van der Waals surface area (Å²) in [5.74, 6) is -1.12. The highest BCUT2D eigenvalue weighted by Gasteiger charge is 2.28. The minimum Gasteiger partial charge on any atom is -0.476 e. The molecule has 0 aliphatic carbocycles. The Morgan fingerprint density at radius 1 is 1.48 bits per heavy atom. The summed E-state index contributed by atoms with van der Waals surface area (Å²) in [5.41, 5.74) is -0.171. The third-order valence-electron chi connectivity index (χ3n) is 2.95. The number of sulfone groups is 1. The fourth-order valence-electron chi connectivity index (χ4n) is 1.93. The molecule has 0 saturated carbocycles. The summed E-state index contributed by atoms with van der Waals surface area (Å²) in [6, 6.07) is -0.823. The lowest BCUT2D eigenvalue weighted by Crippen LogP contribution is -2.43. The predicted molar refractivity (Wildman–Crippen MR) is 70.6 cm³/mol. The summed E-state index contributed by atoms with van der Waals surface area (Å²) in [7, 11) is -3.03. The summed E-state index contributed by atoms with van der Waals surface area (Å²) >= 11 is 0. The van der Waals surface area contributed by atoms with Crippen molar-refractivity contribution in [3.05, 3.63) is 11.9 Å². The molecule has 2 amide bonds. The standard InChI is InChI=1S/C10H15N5O5S/c16-9(17)8-5-15(14-13-8)3-2-11-10(18)12-7-1-4-21(19,20)6-7/h5,7H,1-4,6H2,(H,16,17)(H2,11,12,18). The first-order valence-electron chi connectivity index (χ1n) is 6.24. The van der Waals surface area contributed by atoms with Gasteiger partial charge in [-0.15, -0.1) is 5.10 Å². The molecule has 3 N–H and O–H groups in total. The fourth-order valence-corrected chi connectivity index (χ4v) is 3.61. The van der Waals surface area contributed by atoms with Crippen LogP contribution >= 0.6 is 0 Å². The van der Waals surface area contributed by atoms with E-state index in [9.17, 15) is 18.0 Å². The highest BCUT2D eigenvalue weighted by molar-refractivity contribution is 7.91. The van der Waals surface area contributed by atoms with Crippen molar-refractivity contribution in [1.29, 1.82) is 0 Å². The van der Waals surface area contributed by atoms with Gasteiger partial charge in [0.15, 0.2) is 15.5 Å². The third-order valence-corrected chi connectivity index (χ3v) is 4.72. The lowest BCUT2D eigenvalue weighted by atomic mass is 10.3. The van der Waals surface area contributed by atoms with Gasteiger partial charge in [0.2, 0.25) is 0 Å². The number of amides is 2. The van der Waals surface area contributed by atoms with Crippen molar-refractivity contribution in [2.24, 2.45) is 0 Å². The van der Waals surface area contributed by atoms with Gasteiger partial charge in [-0.05, 0) is 6.42 Å². The van der Waals surface area contributed by atoms with Crippen molar-refractivity contribution in [2.45, 2.75) is 19.0 Å². The zero-order chi connectivity index (χ0) is 15.5. The van der Waals surface area contributed by atoms with Crippen molar-refractivity contribution >= 4 is 21.8 Å². The highest BCUT2D eigenvalue weighted by atomic mass is 32.2. The molecule has 1 atom stereocenters. The average molecular weight is 317 g/mol. The smallest absolute Gasteiger partial charge is 0.358 e. The molecule has 10 nitrogen and oxygen atoms in total. The molecule has 116 valence electrons. The van der Waals surface area contributed by atoms with Gasteiger partial charge in [-0.1, -0.05) is 5.21 Å². The van der Waals surface area contributed by atoms with Crippen LogP contribution in [-0.4, -0.2) is 64.6 Å². The van der Waals surface area contributed by atoms with E-state index < -0.39 is 21.8 Å². The Hall–Kier alpha value is -2.17. The van der Waals surface area contributed by atoms with Crippen LogP contribution in [-0.2, 0) is 16.4 Å². The highest BCUT2D eigenvalue weighted by Crippen LogP contribution is 2.10. The topological polar surface area (TPSA) is 143 Å². The van der Waals surface area contributed by atoms with E-state index in [1.54, 1.807) is 0 Å². The molecule has 1 saturated heterocycles. The molecule has 1 aliphatic heterocycles. The molecule has 0 spiro atoms. The molecule has 1 aliphatic rings. The monoisotopic (exact) mass is 317 g/mol. The number of aromatic carboxylic acids is 1. The zero-order valence-electron chi connectivity index (χ0n) is 11.0. The SMILES string of the molecule is O=C(NCCn1cc(C(=O)O)nn1)NC1CCS(=O)(=O)C1. The van der Waals surface area contributed by atoms with E-state index in [0.717, 1.165) is 0 Å². The normalized spacial score (nSPS) is 20.1. The number of carboxylic acids is 1. The number of aromatic nitrogens is 3. The Morgan fingerprint density at radius 3 is 2.81 bits per heavy atom. The molecular weight excluding hydrogens is 302 g/mol. The number of nitrogens with one attached hydrogen (secondary N) is 2. The summed E-state index contributed by atoms with van der Waals surface area (Å²) in [4.78, 5) is 22.2. The van der Waals surface area contributed by atoms with Gasteiger partial charge < -0.3 is 15.7 Å². The van der Waals surface area contributed by atoms with E-state index in [4.69, 9.17) is 5.11 Å². The van der Waals surface area contributed by atoms with Crippen LogP contribution in [0.2, 0.25) is 0 Å². The molecule has 21 heavy (non-hydrogen) atoms. The van der Waals surface area contributed by atoms with Gasteiger partial charge >= 0.3 is 12.0 Å². The van der Waals surface area contributed by atoms with Crippen LogP contribution in [0, 0.1) is 0 Å². The third kappa shape index (κ3) is 4.41. The molecule has 0 radical (unpaired) electrons. The van der Waals surface area contributed by atoms with Gasteiger partial charge in [-0.25, -0.2) is 22.7 Å². The number of hydrogen-bond donors (Lipinski definition) is 3. The second-order valence-electron chi connectivity index (χ2n) is 4.67. The van der Waals surface area contributed by atoms with Crippen molar-refractivity contribution < 1.29 is 23.1 Å². The van der Waals surface area contributed by atoms with Crippen molar-refractivity contribution in [3.63, 3.8) is 0 Å². The molecule has 2 heterocycles. The van der Waals surface area contributed by atoms with Gasteiger partial charge in [0, 0.05) is 12.6 Å². The number of nitrogens with zero attached hydrogens (tertiary/aromatic N) is 3. The average Bonchev–Trinajstić information content (AvgIpc) is 2.96. The van der Waals surface area contributed by atoms with Crippen LogP contribution in [0.4, 0.5) is 4.79 Å². The van der Waals surface area contributed by atoms with Gasteiger partial charge in [0.05, 0.1) is 24.2 Å². The van der Waals surface area contributed by atoms with Crippen LogP contribution in [0.15, 0.2) is 6.20 Å². The largest absolute Gasteiger partial charge is 0.476 e. The Labute approximate surface area is 120 Å². The summed E-state index contributed by atoms with van der Waals surface area (Å²) < 4.78 is 23.8. The first kappa shape index (κ1) is 15.2. The maximum absolute atomic E-state index is 11.6. The van der Waals surface area contributed by atoms with Gasteiger partial charge in [-0.3, -0.25) is 0 Å². The predicted octanol–water partition coefficient (Wildman–Crippen LogP) is -1.54.